The number of alkyl halides is 1. The fourth-order valence-electron chi connectivity index (χ4n) is 2.39. The van der Waals surface area contributed by atoms with Gasteiger partial charge in [-0.1, -0.05) is 29.8 Å². The third-order valence-electron chi connectivity index (χ3n) is 3.55. The van der Waals surface area contributed by atoms with Gasteiger partial charge in [0.2, 0.25) is 5.91 Å². The van der Waals surface area contributed by atoms with E-state index >= 15 is 0 Å². The number of likely N-dealkylation sites (tertiary alicyclic amines) is 1. The van der Waals surface area contributed by atoms with Crippen LogP contribution in [0.2, 0.25) is 0 Å². The maximum Gasteiger partial charge on any atom is 0.236 e. The van der Waals surface area contributed by atoms with Gasteiger partial charge in [0.05, 0.1) is 11.0 Å². The van der Waals surface area contributed by atoms with E-state index in [0.29, 0.717) is 11.8 Å². The van der Waals surface area contributed by atoms with E-state index in [-0.39, 0.29) is 10.7 Å². The molecule has 0 unspecified atom stereocenters. The van der Waals surface area contributed by atoms with Crippen molar-refractivity contribution >= 4 is 21.8 Å². The van der Waals surface area contributed by atoms with E-state index in [9.17, 15) is 4.79 Å². The largest absolute Gasteiger partial charge is 0.341 e. The number of aromatic nitrogens is 2. The molecule has 1 fully saturated rings. The van der Waals surface area contributed by atoms with Crippen molar-refractivity contribution in [3.8, 4) is 0 Å². The molecule has 2 heterocycles. The van der Waals surface area contributed by atoms with Crippen molar-refractivity contribution in [3.63, 3.8) is 0 Å². The number of nitrogens with zero attached hydrogens (tertiary/aromatic N) is 2. The summed E-state index contributed by atoms with van der Waals surface area (Å²) in [6.45, 7) is 5.82. The Labute approximate surface area is 116 Å². The van der Waals surface area contributed by atoms with Gasteiger partial charge < -0.3 is 4.90 Å². The summed E-state index contributed by atoms with van der Waals surface area (Å²) < 4.78 is 0. The molecule has 5 heteroatoms. The van der Waals surface area contributed by atoms with Crippen molar-refractivity contribution in [1.82, 2.24) is 15.1 Å². The van der Waals surface area contributed by atoms with Crippen LogP contribution in [-0.2, 0) is 4.79 Å². The number of hydrogen-bond donors (Lipinski definition) is 1. The predicted molar refractivity (Wildman–Crippen MR) is 74.7 cm³/mol. The van der Waals surface area contributed by atoms with Crippen LogP contribution in [0.5, 0.6) is 0 Å². The van der Waals surface area contributed by atoms with Gasteiger partial charge in [-0.25, -0.2) is 0 Å². The van der Waals surface area contributed by atoms with Crippen molar-refractivity contribution in [1.29, 1.82) is 0 Å². The van der Waals surface area contributed by atoms with Crippen LogP contribution in [0.4, 0.5) is 0 Å². The Morgan fingerprint density at radius 3 is 3.00 bits per heavy atom. The molecule has 1 aliphatic heterocycles. The Hall–Kier alpha value is -0.840. The summed E-state index contributed by atoms with van der Waals surface area (Å²) in [5, 5.41) is 6.84. The fraction of sp³-hybridized carbons (Fsp3) is 0.692. The topological polar surface area (TPSA) is 49.0 Å². The highest BCUT2D eigenvalue weighted by molar-refractivity contribution is 9.10. The van der Waals surface area contributed by atoms with Crippen molar-refractivity contribution in [2.24, 2.45) is 5.92 Å². The van der Waals surface area contributed by atoms with E-state index in [1.165, 1.54) is 5.56 Å². The van der Waals surface area contributed by atoms with Gasteiger partial charge in [0.15, 0.2) is 0 Å². The third-order valence-corrected chi connectivity index (χ3v) is 4.99. The number of nitrogens with one attached hydrogen (secondary N) is 1. The van der Waals surface area contributed by atoms with Crippen LogP contribution in [0.25, 0.3) is 0 Å². The molecule has 100 valence electrons. The molecule has 1 aromatic heterocycles. The Bertz CT molecular complexity index is 391. The molecule has 0 spiro atoms. The highest BCUT2D eigenvalue weighted by Crippen LogP contribution is 2.27. The second-order valence-corrected chi connectivity index (χ2v) is 6.29. The first-order chi connectivity index (χ1) is 8.59. The van der Waals surface area contributed by atoms with E-state index in [2.05, 4.69) is 40.0 Å². The van der Waals surface area contributed by atoms with Gasteiger partial charge in [-0.15, -0.1) is 0 Å². The van der Waals surface area contributed by atoms with Gasteiger partial charge in [0.25, 0.3) is 0 Å². The number of amides is 1. The molecule has 1 aliphatic rings. The minimum Gasteiger partial charge on any atom is -0.341 e. The lowest BCUT2D eigenvalue weighted by atomic mass is 9.92. The first kappa shape index (κ1) is 13.6. The van der Waals surface area contributed by atoms with Crippen LogP contribution in [0.15, 0.2) is 12.4 Å². The monoisotopic (exact) mass is 313 g/mol. The number of piperidine rings is 1. The molecule has 0 aromatic carbocycles. The van der Waals surface area contributed by atoms with Crippen LogP contribution < -0.4 is 0 Å². The zero-order valence-corrected chi connectivity index (χ0v) is 12.5. The Kier molecular flexibility index (Phi) is 4.43. The zero-order valence-electron chi connectivity index (χ0n) is 10.9. The summed E-state index contributed by atoms with van der Waals surface area (Å²) >= 11 is 3.50. The summed E-state index contributed by atoms with van der Waals surface area (Å²) in [5.41, 5.74) is 1.21. The van der Waals surface area contributed by atoms with Crippen LogP contribution in [-0.4, -0.2) is 38.9 Å². The van der Waals surface area contributed by atoms with E-state index in [4.69, 9.17) is 0 Å². The lowest BCUT2D eigenvalue weighted by Gasteiger charge is -2.34. The molecular weight excluding hydrogens is 294 g/mol. The quantitative estimate of drug-likeness (QED) is 0.872. The molecule has 2 rings (SSSR count). The molecule has 0 aliphatic carbocycles. The maximum atomic E-state index is 12.3. The van der Waals surface area contributed by atoms with E-state index in [1.54, 1.807) is 0 Å². The van der Waals surface area contributed by atoms with E-state index in [0.717, 1.165) is 25.9 Å². The van der Waals surface area contributed by atoms with Gasteiger partial charge in [0, 0.05) is 25.2 Å². The zero-order chi connectivity index (χ0) is 13.1. The first-order valence-electron chi connectivity index (χ1n) is 6.51. The van der Waals surface area contributed by atoms with Gasteiger partial charge in [-0.3, -0.25) is 9.89 Å². The van der Waals surface area contributed by atoms with Crippen molar-refractivity contribution in [2.45, 2.75) is 37.4 Å². The SMILES string of the molecule is CC(C)[C@@H](Br)C(=O)N1CCC[C@@H](c2cn[nH]c2)C1. The Morgan fingerprint density at radius 1 is 1.61 bits per heavy atom. The van der Waals surface area contributed by atoms with Crippen LogP contribution in [0.3, 0.4) is 0 Å². The molecule has 0 bridgehead atoms. The number of carbonyl (C=O) groups is 1. The number of halogens is 1. The van der Waals surface area contributed by atoms with Gasteiger partial charge >= 0.3 is 0 Å². The molecular formula is C13H20BrN3O. The summed E-state index contributed by atoms with van der Waals surface area (Å²) in [4.78, 5) is 14.2. The molecule has 1 aromatic rings. The molecule has 4 nitrogen and oxygen atoms in total. The highest BCUT2D eigenvalue weighted by Gasteiger charge is 2.29. The molecule has 1 saturated heterocycles. The summed E-state index contributed by atoms with van der Waals surface area (Å²) in [6.07, 6.45) is 6.01. The molecule has 2 atom stereocenters. The van der Waals surface area contributed by atoms with Gasteiger partial charge in [-0.05, 0) is 24.3 Å². The molecule has 1 N–H and O–H groups in total. The van der Waals surface area contributed by atoms with Crippen LogP contribution in [0.1, 0.15) is 38.2 Å². The van der Waals surface area contributed by atoms with Crippen LogP contribution in [0, 0.1) is 5.92 Å². The standard InChI is InChI=1S/C13H20BrN3O/c1-9(2)12(14)13(18)17-5-3-4-10(8-17)11-6-15-16-7-11/h6-7,9-10,12H,3-5,8H2,1-2H3,(H,15,16)/t10-,12-/m1/s1. The first-order valence-corrected chi connectivity index (χ1v) is 7.42. The molecule has 0 saturated carbocycles. The average molecular weight is 314 g/mol. The fourth-order valence-corrected chi connectivity index (χ4v) is 2.68. The van der Waals surface area contributed by atoms with Gasteiger partial charge in [0.1, 0.15) is 0 Å². The Balaban J connectivity index is 2.01. The second-order valence-electron chi connectivity index (χ2n) is 5.30. The number of hydrogen-bond acceptors (Lipinski definition) is 2. The number of H-pyrrole nitrogens is 1. The van der Waals surface area contributed by atoms with Crippen molar-refractivity contribution < 1.29 is 4.79 Å². The minimum atomic E-state index is -0.0689. The van der Waals surface area contributed by atoms with Gasteiger partial charge in [-0.2, -0.15) is 5.10 Å². The summed E-state index contributed by atoms with van der Waals surface area (Å²) in [7, 11) is 0. The number of aromatic amines is 1. The maximum absolute atomic E-state index is 12.3. The third kappa shape index (κ3) is 2.94. The summed E-state index contributed by atoms with van der Waals surface area (Å²) in [6, 6.07) is 0. The summed E-state index contributed by atoms with van der Waals surface area (Å²) in [5.74, 6) is 0.971. The second kappa shape index (κ2) is 5.87. The minimum absolute atomic E-state index is 0.0689. The van der Waals surface area contributed by atoms with Crippen molar-refractivity contribution in [2.75, 3.05) is 13.1 Å². The number of rotatable bonds is 3. The lowest BCUT2D eigenvalue weighted by molar-refractivity contribution is -0.132. The average Bonchev–Trinajstić information content (AvgIpc) is 2.91. The predicted octanol–water partition coefficient (Wildman–Crippen LogP) is 2.54. The normalized spacial score (nSPS) is 22.2. The molecule has 1 amide bonds. The smallest absolute Gasteiger partial charge is 0.236 e. The lowest BCUT2D eigenvalue weighted by Crippen LogP contribution is -2.44. The van der Waals surface area contributed by atoms with E-state index < -0.39 is 0 Å². The van der Waals surface area contributed by atoms with Crippen molar-refractivity contribution in [3.05, 3.63) is 18.0 Å². The highest BCUT2D eigenvalue weighted by atomic mass is 79.9. The van der Waals surface area contributed by atoms with E-state index in [1.807, 2.05) is 17.3 Å². The van der Waals surface area contributed by atoms with Crippen LogP contribution >= 0.6 is 15.9 Å². The molecule has 0 radical (unpaired) electrons. The number of carbonyl (C=O) groups excluding carboxylic acids is 1. The Morgan fingerprint density at radius 2 is 2.39 bits per heavy atom. The molecule has 18 heavy (non-hydrogen) atoms.